The Labute approximate surface area is 126 Å². The van der Waals surface area contributed by atoms with Crippen LogP contribution < -0.4 is 28.3 Å². The quantitative estimate of drug-likeness (QED) is 0.700. The number of hydrogen-bond donors (Lipinski definition) is 1. The molecule has 20 heavy (non-hydrogen) atoms. The molecular weight excluding hydrogens is 298 g/mol. The maximum atomic E-state index is 11.7. The molecule has 0 aliphatic heterocycles. The Morgan fingerprint density at radius 1 is 1.25 bits per heavy atom. The Hall–Kier alpha value is -1.21. The molecule has 1 amide bonds. The van der Waals surface area contributed by atoms with Crippen LogP contribution in [0.5, 0.6) is 5.75 Å². The fraction of sp³-hybridized carbons (Fsp3) is 0.222. The van der Waals surface area contributed by atoms with E-state index in [1.54, 1.807) is 6.07 Å². The molecule has 0 bridgehead atoms. The molecule has 0 atom stereocenters. The van der Waals surface area contributed by atoms with Gasteiger partial charge in [0, 0.05) is 0 Å². The van der Waals surface area contributed by atoms with Gasteiger partial charge in [-0.3, -0.25) is 0 Å². The van der Waals surface area contributed by atoms with Crippen LogP contribution >= 0.6 is 0 Å². The van der Waals surface area contributed by atoms with Crippen LogP contribution in [0.15, 0.2) is 30.3 Å². The molecular formula is C9H9F3LiNO5S. The van der Waals surface area contributed by atoms with E-state index in [0.717, 1.165) is 0 Å². The van der Waals surface area contributed by atoms with Gasteiger partial charge >= 0.3 is 41.4 Å². The van der Waals surface area contributed by atoms with Crippen molar-refractivity contribution in [2.75, 3.05) is 6.61 Å². The van der Waals surface area contributed by atoms with Crippen LogP contribution in [0.2, 0.25) is 0 Å². The molecule has 11 heteroatoms. The third-order valence-corrected chi connectivity index (χ3v) is 2.38. The summed E-state index contributed by atoms with van der Waals surface area (Å²) in [7, 11) is -4.88. The van der Waals surface area contributed by atoms with Crippen molar-refractivity contribution >= 4 is 16.4 Å². The van der Waals surface area contributed by atoms with Crippen molar-refractivity contribution in [2.45, 2.75) is 6.18 Å². The summed E-state index contributed by atoms with van der Waals surface area (Å²) >= 11 is 0. The predicted molar refractivity (Wildman–Crippen MR) is 57.6 cm³/mol. The van der Waals surface area contributed by atoms with Crippen LogP contribution in [0.25, 0.3) is 0 Å². The van der Waals surface area contributed by atoms with Crippen molar-refractivity contribution in [2.24, 2.45) is 0 Å². The Morgan fingerprint density at radius 2 is 1.80 bits per heavy atom. The van der Waals surface area contributed by atoms with Gasteiger partial charge < -0.3 is 6.16 Å². The molecule has 1 aromatic rings. The van der Waals surface area contributed by atoms with Crippen LogP contribution in [0.1, 0.15) is 1.43 Å². The van der Waals surface area contributed by atoms with Gasteiger partial charge in [0.1, 0.15) is 5.75 Å². The van der Waals surface area contributed by atoms with Crippen molar-refractivity contribution < 1.29 is 55.6 Å². The molecule has 1 N–H and O–H groups in total. The van der Waals surface area contributed by atoms with Crippen LogP contribution in [0, 0.1) is 0 Å². The first-order valence-electron chi connectivity index (χ1n) is 4.69. The molecule has 0 saturated carbocycles. The van der Waals surface area contributed by atoms with Gasteiger partial charge in [-0.2, -0.15) is 26.3 Å². The number of amides is 1. The molecule has 108 valence electrons. The third-order valence-electron chi connectivity index (χ3n) is 1.54. The van der Waals surface area contributed by atoms with Crippen molar-refractivity contribution in [1.29, 1.82) is 0 Å². The van der Waals surface area contributed by atoms with Gasteiger partial charge in [-0.25, -0.2) is 8.98 Å². The number of hydrogen-bond acceptors (Lipinski definition) is 5. The van der Waals surface area contributed by atoms with Gasteiger partial charge in [0.2, 0.25) is 0 Å². The fourth-order valence-corrected chi connectivity index (χ4v) is 1.49. The Morgan fingerprint density at radius 3 is 2.30 bits per heavy atom. The number of carbonyl (C=O) groups is 1. The van der Waals surface area contributed by atoms with Crippen molar-refractivity contribution in [3.63, 3.8) is 0 Å². The number of halogens is 3. The summed E-state index contributed by atoms with van der Waals surface area (Å²) in [5, 5.41) is 0. The van der Waals surface area contributed by atoms with E-state index in [4.69, 9.17) is 0 Å². The minimum absolute atomic E-state index is 0. The summed E-state index contributed by atoms with van der Waals surface area (Å²) in [6.45, 7) is -2.04. The number of ether oxygens (including phenoxy) is 1. The minimum Gasteiger partial charge on any atom is -1.00 e. The predicted octanol–water partition coefficient (Wildman–Crippen LogP) is -1.28. The Balaban J connectivity index is 0. The van der Waals surface area contributed by atoms with Crippen molar-refractivity contribution in [3.05, 3.63) is 30.3 Å². The summed E-state index contributed by atoms with van der Waals surface area (Å²) in [4.78, 5) is 11.1. The molecule has 0 unspecified atom stereocenters. The van der Waals surface area contributed by atoms with E-state index >= 15 is 0 Å². The zero-order valence-electron chi connectivity index (χ0n) is 11.2. The maximum absolute atomic E-state index is 11.7. The van der Waals surface area contributed by atoms with Crippen molar-refractivity contribution in [3.8, 4) is 5.75 Å². The zero-order valence-corrected chi connectivity index (χ0v) is 11.0. The van der Waals surface area contributed by atoms with Gasteiger partial charge in [0.15, 0.2) is 6.61 Å². The first-order chi connectivity index (χ1) is 8.68. The van der Waals surface area contributed by atoms with Crippen LogP contribution in [0.3, 0.4) is 0 Å². The first-order valence-corrected chi connectivity index (χ1v) is 6.09. The summed E-state index contributed by atoms with van der Waals surface area (Å²) in [6, 6.07) is 7.34. The second-order valence-corrected chi connectivity index (χ2v) is 4.48. The van der Waals surface area contributed by atoms with Gasteiger partial charge in [0.05, 0.1) is 0 Å². The fourth-order valence-electron chi connectivity index (χ4n) is 0.892. The number of alkyl halides is 3. The van der Waals surface area contributed by atoms with E-state index in [-0.39, 0.29) is 26.0 Å². The maximum Gasteiger partial charge on any atom is 1.00 e. The molecule has 0 aliphatic carbocycles. The van der Waals surface area contributed by atoms with E-state index in [0.29, 0.717) is 0 Å². The van der Waals surface area contributed by atoms with E-state index in [1.807, 2.05) is 0 Å². The molecule has 0 spiro atoms. The van der Waals surface area contributed by atoms with E-state index in [1.165, 1.54) is 29.0 Å². The largest absolute Gasteiger partial charge is 1.00 e. The number of benzene rings is 1. The molecule has 0 aromatic heterocycles. The second-order valence-electron chi connectivity index (χ2n) is 3.14. The van der Waals surface area contributed by atoms with Gasteiger partial charge in [0.25, 0.3) is 0 Å². The zero-order chi connectivity index (χ0) is 14.5. The van der Waals surface area contributed by atoms with Gasteiger partial charge in [-0.15, -0.1) is 0 Å². The van der Waals surface area contributed by atoms with Gasteiger partial charge in [-0.1, -0.05) is 18.2 Å². The summed E-state index contributed by atoms with van der Waals surface area (Å²) in [5.41, 5.74) is 0. The molecule has 0 saturated heterocycles. The van der Waals surface area contributed by atoms with Crippen LogP contribution in [0.4, 0.5) is 18.0 Å². The average molecular weight is 307 g/mol. The Kier molecular flexibility index (Phi) is 7.08. The summed E-state index contributed by atoms with van der Waals surface area (Å²) in [5.74, 6) is 0.0195. The number of nitrogens with one attached hydrogen (secondary N) is 1. The van der Waals surface area contributed by atoms with Crippen LogP contribution in [-0.4, -0.2) is 27.3 Å². The summed E-state index contributed by atoms with van der Waals surface area (Å²) in [6.07, 6.45) is -6.31. The molecule has 0 radical (unpaired) electrons. The smallest absolute Gasteiger partial charge is 1.00 e. The number of para-hydroxylation sites is 1. The molecule has 1 aromatic carbocycles. The topological polar surface area (TPSA) is 81.7 Å². The normalized spacial score (nSPS) is 11.3. The standard InChI is InChI=1S/C9H8F3NO5S.Li.H/c10-9(11,12)6-17-19(15,16)13-8(14)18-7-4-2-1-3-5-7;;/h1-5H,6H2,(H,13,14);;/q;+1;-1. The first kappa shape index (κ1) is 18.8. The molecule has 1 rings (SSSR count). The molecule has 0 aliphatic rings. The third kappa shape index (κ3) is 8.06. The number of carbonyl (C=O) groups excluding carboxylic acids is 1. The van der Waals surface area contributed by atoms with Crippen LogP contribution in [-0.2, 0) is 14.5 Å². The molecule has 0 heterocycles. The number of rotatable bonds is 4. The second kappa shape index (κ2) is 7.54. The van der Waals surface area contributed by atoms with E-state index < -0.39 is 29.2 Å². The van der Waals surface area contributed by atoms with E-state index in [9.17, 15) is 26.4 Å². The van der Waals surface area contributed by atoms with E-state index in [2.05, 4.69) is 8.92 Å². The molecule has 6 nitrogen and oxygen atoms in total. The monoisotopic (exact) mass is 307 g/mol. The summed E-state index contributed by atoms with van der Waals surface area (Å²) < 4.78 is 66.3. The van der Waals surface area contributed by atoms with Gasteiger partial charge in [-0.05, 0) is 12.1 Å². The average Bonchev–Trinajstić information content (AvgIpc) is 2.26. The Bertz CT molecular complexity index is 540. The van der Waals surface area contributed by atoms with Crippen molar-refractivity contribution in [1.82, 2.24) is 4.72 Å². The molecule has 0 fully saturated rings. The SMILES string of the molecule is O=C(NS(=O)(=O)OCC(F)(F)F)Oc1ccccc1.[H-].[Li+]. The minimum atomic E-state index is -4.88.